The lowest BCUT2D eigenvalue weighted by Crippen LogP contribution is -2.22. The van der Waals surface area contributed by atoms with Gasteiger partial charge in [0.15, 0.2) is 22.1 Å². The summed E-state index contributed by atoms with van der Waals surface area (Å²) in [6.07, 6.45) is 7.90. The first-order chi connectivity index (χ1) is 23.1. The zero-order valence-corrected chi connectivity index (χ0v) is 40.3. The molecule has 0 aliphatic carbocycles. The van der Waals surface area contributed by atoms with Gasteiger partial charge in [0.2, 0.25) is 0 Å². The van der Waals surface area contributed by atoms with E-state index >= 15 is 0 Å². The first-order valence-corrected chi connectivity index (χ1v) is 29.0. The van der Waals surface area contributed by atoms with Crippen molar-refractivity contribution in [3.8, 4) is 0 Å². The third kappa shape index (κ3) is 29.1. The second-order valence-corrected chi connectivity index (χ2v) is 33.1. The predicted molar refractivity (Wildman–Crippen MR) is 238 cm³/mol. The van der Waals surface area contributed by atoms with Crippen molar-refractivity contribution in [2.75, 3.05) is 25.9 Å². The molecule has 0 aliphatic heterocycles. The highest BCUT2D eigenvalue weighted by atomic mass is 127. The van der Waals surface area contributed by atoms with Crippen LogP contribution in [-0.4, -0.2) is 96.5 Å². The van der Waals surface area contributed by atoms with E-state index in [2.05, 4.69) is 94.8 Å². The van der Waals surface area contributed by atoms with Crippen LogP contribution < -0.4 is 0 Å². The molecule has 3 heterocycles. The molecule has 0 fully saturated rings. The predicted octanol–water partition coefficient (Wildman–Crippen LogP) is 10.2. The van der Waals surface area contributed by atoms with Crippen molar-refractivity contribution in [3.63, 3.8) is 0 Å². The first kappa shape index (κ1) is 55.0. The molecular weight excluding hydrogens is 915 g/mol. The molecule has 0 bridgehead atoms. The Morgan fingerprint density at radius 1 is 0.769 bits per heavy atom. The summed E-state index contributed by atoms with van der Waals surface area (Å²) in [7, 11) is -2.95. The standard InChI is InChI=1S/C11H19BrN2O2Si.C11H20N2O2Si.C6H15ClOSi.C5H6N2O.CH4.HI.H2/c1-9(15)10-7-14(11(12)13-10)8-16-5-6-17(2,3)4;1-10(14)11-7-12-8-13(11)9-15-5-6-16(2,3)4;1-9(2,3)5-4-8-6-7;1-4(8)5-2-6-3-7-5;;;/h7H,5-6,8H2,1-4H3;7-8H,5-6,9H2,1-4H3;4-6H2,1-3H3;2-3H,1H3,(H,6,7);1H4;2*1H. The number of halogens is 3. The topological polar surface area (TPSA) is 143 Å². The fourth-order valence-corrected chi connectivity index (χ4v) is 6.11. The van der Waals surface area contributed by atoms with Crippen molar-refractivity contribution in [2.45, 2.75) is 119 Å². The van der Waals surface area contributed by atoms with E-state index in [1.807, 2.05) is 0 Å². The van der Waals surface area contributed by atoms with Crippen LogP contribution in [0.2, 0.25) is 77.1 Å². The molecule has 18 heteroatoms. The highest BCUT2D eigenvalue weighted by Gasteiger charge is 2.14. The Morgan fingerprint density at radius 2 is 1.25 bits per heavy atom. The second kappa shape index (κ2) is 28.1. The fraction of sp³-hybridized carbons (Fsp3) is 0.647. The second-order valence-electron chi connectivity index (χ2n) is 15.3. The summed E-state index contributed by atoms with van der Waals surface area (Å²) in [5, 5.41) is 0. The fourth-order valence-electron chi connectivity index (χ4n) is 3.33. The van der Waals surface area contributed by atoms with Gasteiger partial charge in [0, 0.05) is 72.4 Å². The van der Waals surface area contributed by atoms with E-state index in [4.69, 9.17) is 25.8 Å². The summed E-state index contributed by atoms with van der Waals surface area (Å²) in [6.45, 7) is 28.6. The van der Waals surface area contributed by atoms with Crippen LogP contribution in [-0.2, 0) is 27.7 Å². The number of imidazole rings is 3. The molecule has 12 nitrogen and oxygen atoms in total. The number of nitrogens with zero attached hydrogens (tertiary/aromatic N) is 5. The smallest absolute Gasteiger partial charge is 0.179 e. The van der Waals surface area contributed by atoms with E-state index in [-0.39, 0.29) is 50.2 Å². The lowest BCUT2D eigenvalue weighted by Gasteiger charge is -2.15. The minimum Gasteiger partial charge on any atom is -0.366 e. The molecule has 0 saturated carbocycles. The largest absolute Gasteiger partial charge is 0.366 e. The number of hydrogen-bond donors (Lipinski definition) is 1. The lowest BCUT2D eigenvalue weighted by atomic mass is 10.3. The average molecular weight is 982 g/mol. The van der Waals surface area contributed by atoms with E-state index in [1.165, 1.54) is 39.3 Å². The number of H-pyrrole nitrogens is 1. The van der Waals surface area contributed by atoms with E-state index < -0.39 is 24.2 Å². The molecule has 0 saturated heterocycles. The Labute approximate surface area is 347 Å². The number of ether oxygens (including phenoxy) is 3. The molecule has 0 aliphatic rings. The van der Waals surface area contributed by atoms with Crippen LogP contribution >= 0.6 is 51.5 Å². The normalized spacial score (nSPS) is 11.0. The van der Waals surface area contributed by atoms with Crippen molar-refractivity contribution in [1.82, 2.24) is 29.1 Å². The maximum atomic E-state index is 11.2. The summed E-state index contributed by atoms with van der Waals surface area (Å²) in [6, 6.07) is 3.82. The minimum absolute atomic E-state index is 0. The lowest BCUT2D eigenvalue weighted by molar-refractivity contribution is 0.0811. The molecule has 3 aromatic rings. The number of nitrogens with one attached hydrogen (secondary N) is 1. The van der Waals surface area contributed by atoms with Crippen LogP contribution in [0, 0.1) is 0 Å². The average Bonchev–Trinajstić information content (AvgIpc) is 3.75. The van der Waals surface area contributed by atoms with Crippen LogP contribution in [0.25, 0.3) is 0 Å². The van der Waals surface area contributed by atoms with Crippen LogP contribution in [0.15, 0.2) is 36.0 Å². The minimum atomic E-state index is -1.04. The molecule has 52 heavy (non-hydrogen) atoms. The molecule has 302 valence electrons. The maximum Gasteiger partial charge on any atom is 0.179 e. The molecule has 0 aromatic carbocycles. The van der Waals surface area contributed by atoms with Crippen molar-refractivity contribution in [1.29, 1.82) is 0 Å². The van der Waals surface area contributed by atoms with Crippen molar-refractivity contribution in [3.05, 3.63) is 53.1 Å². The molecule has 0 spiro atoms. The molecule has 1 N–H and O–H groups in total. The van der Waals surface area contributed by atoms with Gasteiger partial charge in [0.1, 0.15) is 36.6 Å². The number of ketones is 3. The van der Waals surface area contributed by atoms with Crippen molar-refractivity contribution in [2.24, 2.45) is 0 Å². The highest BCUT2D eigenvalue weighted by molar-refractivity contribution is 14.0. The van der Waals surface area contributed by atoms with Crippen LogP contribution in [0.4, 0.5) is 0 Å². The Hall–Kier alpha value is -1.33. The number of rotatable bonds is 17. The summed E-state index contributed by atoms with van der Waals surface area (Å²) in [5.41, 5.74) is 1.63. The molecular formula is C34H67BrClIN6O6Si3. The monoisotopic (exact) mass is 980 g/mol. The Kier molecular flexibility index (Phi) is 29.8. The van der Waals surface area contributed by atoms with Crippen molar-refractivity contribution < 1.29 is 30.0 Å². The van der Waals surface area contributed by atoms with Gasteiger partial charge in [-0.3, -0.25) is 14.4 Å². The number of aromatic nitrogens is 6. The summed E-state index contributed by atoms with van der Waals surface area (Å²) in [4.78, 5) is 47.2. The summed E-state index contributed by atoms with van der Waals surface area (Å²) in [5.74, 6) is 0.000320. The third-order valence-corrected chi connectivity index (χ3v) is 12.5. The first-order valence-electron chi connectivity index (χ1n) is 16.6. The van der Waals surface area contributed by atoms with Gasteiger partial charge in [0.05, 0.1) is 25.0 Å². The number of carbonyl (C=O) groups excluding carboxylic acids is 3. The van der Waals surface area contributed by atoms with Gasteiger partial charge in [0.25, 0.3) is 0 Å². The van der Waals surface area contributed by atoms with E-state index in [9.17, 15) is 14.4 Å². The van der Waals surface area contributed by atoms with Gasteiger partial charge in [-0.2, -0.15) is 0 Å². The van der Waals surface area contributed by atoms with Crippen LogP contribution in [0.5, 0.6) is 0 Å². The molecule has 0 atom stereocenters. The van der Waals surface area contributed by atoms with E-state index in [1.54, 1.807) is 27.9 Å². The van der Waals surface area contributed by atoms with Gasteiger partial charge in [-0.1, -0.05) is 78.0 Å². The van der Waals surface area contributed by atoms with Gasteiger partial charge < -0.3 is 28.3 Å². The summed E-state index contributed by atoms with van der Waals surface area (Å²) >= 11 is 8.63. The van der Waals surface area contributed by atoms with Crippen LogP contribution in [0.1, 0.15) is 61.1 Å². The molecule has 3 rings (SSSR count). The zero-order chi connectivity index (χ0) is 38.5. The van der Waals surface area contributed by atoms with E-state index in [0.29, 0.717) is 41.3 Å². The van der Waals surface area contributed by atoms with Crippen LogP contribution in [0.3, 0.4) is 0 Å². The SMILES string of the molecule is C.CC(=O)c1cn(COCC[Si](C)(C)C)c(Br)n1.CC(=O)c1cnc[nH]1.CC(=O)c1cncn1COCC[Si](C)(C)C.C[Si](C)(C)CCOCCl.I.[HH]. The van der Waals surface area contributed by atoms with Gasteiger partial charge in [-0.25, -0.2) is 15.0 Å². The number of carbonyl (C=O) groups is 3. The quantitative estimate of drug-likeness (QED) is 0.0460. The molecule has 3 aromatic heterocycles. The van der Waals surface area contributed by atoms with E-state index in [0.717, 1.165) is 31.9 Å². The maximum absolute atomic E-state index is 11.2. The molecule has 0 amide bonds. The summed E-state index contributed by atoms with van der Waals surface area (Å²) < 4.78 is 20.3. The van der Waals surface area contributed by atoms with Gasteiger partial charge in [-0.05, 0) is 34.1 Å². The Morgan fingerprint density at radius 3 is 1.60 bits per heavy atom. The Balaban J connectivity index is -0.000000310. The Bertz CT molecular complexity index is 1410. The highest BCUT2D eigenvalue weighted by Crippen LogP contribution is 2.13. The molecule has 0 radical (unpaired) electrons. The van der Waals surface area contributed by atoms with Gasteiger partial charge >= 0.3 is 0 Å². The molecule has 0 unspecified atom stereocenters. The zero-order valence-electron chi connectivity index (χ0n) is 32.6. The number of hydrogen-bond acceptors (Lipinski definition) is 9. The number of aromatic amines is 1. The number of Topliss-reactive ketones (excluding diaryl/α,β-unsaturated/α-hetero) is 3. The van der Waals surface area contributed by atoms with Crippen molar-refractivity contribution >= 4 is 93.1 Å². The van der Waals surface area contributed by atoms with Gasteiger partial charge in [-0.15, -0.1) is 24.0 Å². The number of alkyl halides is 1. The third-order valence-electron chi connectivity index (χ3n) is 6.57.